The number of nitrogens with one attached hydrogen (secondary N) is 1. The number of hydrogen-bond donors (Lipinski definition) is 2. The molecule has 0 aromatic rings. The highest BCUT2D eigenvalue weighted by molar-refractivity contribution is 5.79. The summed E-state index contributed by atoms with van der Waals surface area (Å²) < 4.78 is 0. The van der Waals surface area contributed by atoms with Crippen molar-refractivity contribution in [2.75, 3.05) is 26.7 Å². The van der Waals surface area contributed by atoms with Gasteiger partial charge in [0.2, 0.25) is 5.91 Å². The Morgan fingerprint density at radius 1 is 1.57 bits per heavy atom. The minimum atomic E-state index is -0.0852. The summed E-state index contributed by atoms with van der Waals surface area (Å²) >= 11 is 0. The lowest BCUT2D eigenvalue weighted by molar-refractivity contribution is -0.138. The highest BCUT2D eigenvalue weighted by Crippen LogP contribution is 2.18. The van der Waals surface area contributed by atoms with Gasteiger partial charge in [0.15, 0.2) is 0 Å². The molecule has 0 radical (unpaired) electrons. The highest BCUT2D eigenvalue weighted by Gasteiger charge is 2.31. The van der Waals surface area contributed by atoms with E-state index in [-0.39, 0.29) is 24.5 Å². The van der Waals surface area contributed by atoms with Crippen LogP contribution in [0.25, 0.3) is 0 Å². The Morgan fingerprint density at radius 3 is 2.50 bits per heavy atom. The predicted molar refractivity (Wildman–Crippen MR) is 54.8 cm³/mol. The van der Waals surface area contributed by atoms with Crippen LogP contribution >= 0.6 is 0 Å². The minimum absolute atomic E-state index is 0.0257. The van der Waals surface area contributed by atoms with Crippen molar-refractivity contribution < 1.29 is 9.90 Å². The van der Waals surface area contributed by atoms with Gasteiger partial charge in [0.05, 0.1) is 12.6 Å². The summed E-state index contributed by atoms with van der Waals surface area (Å²) in [5.41, 5.74) is 0. The van der Waals surface area contributed by atoms with E-state index in [1.807, 2.05) is 13.8 Å². The molecule has 1 amide bonds. The molecule has 0 spiro atoms. The highest BCUT2D eigenvalue weighted by atomic mass is 16.3. The largest absolute Gasteiger partial charge is 0.394 e. The molecule has 0 saturated carbocycles. The third-order valence-electron chi connectivity index (χ3n) is 3.18. The van der Waals surface area contributed by atoms with E-state index in [9.17, 15) is 4.79 Å². The van der Waals surface area contributed by atoms with E-state index >= 15 is 0 Å². The fraction of sp³-hybridized carbons (Fsp3) is 0.900. The van der Waals surface area contributed by atoms with Crippen molar-refractivity contribution in [3.05, 3.63) is 0 Å². The predicted octanol–water partition coefficient (Wildman–Crippen LogP) is -0.319. The first-order valence-electron chi connectivity index (χ1n) is 5.16. The molecule has 82 valence electrons. The van der Waals surface area contributed by atoms with Crippen LogP contribution in [0.5, 0.6) is 0 Å². The van der Waals surface area contributed by atoms with Crippen LogP contribution < -0.4 is 5.32 Å². The average molecular weight is 200 g/mol. The summed E-state index contributed by atoms with van der Waals surface area (Å²) in [5.74, 6) is 0.671. The van der Waals surface area contributed by atoms with Crippen LogP contribution in [0.4, 0.5) is 0 Å². The molecule has 0 aromatic carbocycles. The smallest absolute Gasteiger partial charge is 0.225 e. The number of amides is 1. The van der Waals surface area contributed by atoms with E-state index in [1.54, 1.807) is 11.9 Å². The van der Waals surface area contributed by atoms with Crippen LogP contribution in [0.2, 0.25) is 0 Å². The van der Waals surface area contributed by atoms with E-state index in [0.29, 0.717) is 5.92 Å². The molecule has 2 N–H and O–H groups in total. The number of likely N-dealkylation sites (N-methyl/N-ethyl adjacent to an activating group) is 1. The zero-order valence-corrected chi connectivity index (χ0v) is 9.16. The Kier molecular flexibility index (Phi) is 3.89. The molecule has 2 atom stereocenters. The van der Waals surface area contributed by atoms with E-state index in [1.165, 1.54) is 0 Å². The quantitative estimate of drug-likeness (QED) is 0.654. The van der Waals surface area contributed by atoms with Gasteiger partial charge < -0.3 is 15.3 Å². The summed E-state index contributed by atoms with van der Waals surface area (Å²) in [5, 5.41) is 12.1. The van der Waals surface area contributed by atoms with Crippen LogP contribution in [0.15, 0.2) is 0 Å². The van der Waals surface area contributed by atoms with Crippen LogP contribution in [0.3, 0.4) is 0 Å². The van der Waals surface area contributed by atoms with Crippen molar-refractivity contribution in [3.8, 4) is 0 Å². The fourth-order valence-corrected chi connectivity index (χ4v) is 1.53. The maximum Gasteiger partial charge on any atom is 0.225 e. The molecule has 1 rings (SSSR count). The average Bonchev–Trinajstić information content (AvgIpc) is 2.11. The molecule has 0 aliphatic carbocycles. The number of rotatable bonds is 4. The van der Waals surface area contributed by atoms with Gasteiger partial charge in [-0.25, -0.2) is 0 Å². The number of aliphatic hydroxyl groups is 1. The van der Waals surface area contributed by atoms with Gasteiger partial charge in [0.1, 0.15) is 0 Å². The molecule has 1 saturated heterocycles. The first-order valence-corrected chi connectivity index (χ1v) is 5.16. The molecule has 2 unspecified atom stereocenters. The summed E-state index contributed by atoms with van der Waals surface area (Å²) in [6.07, 6.45) is 0. The van der Waals surface area contributed by atoms with Gasteiger partial charge in [-0.2, -0.15) is 0 Å². The Labute approximate surface area is 85.3 Å². The van der Waals surface area contributed by atoms with Crippen LogP contribution in [0.1, 0.15) is 13.8 Å². The van der Waals surface area contributed by atoms with E-state index in [0.717, 1.165) is 13.1 Å². The monoisotopic (exact) mass is 200 g/mol. The summed E-state index contributed by atoms with van der Waals surface area (Å²) in [6, 6.07) is -0.0852. The Balaban J connectivity index is 2.46. The van der Waals surface area contributed by atoms with Crippen molar-refractivity contribution in [2.24, 2.45) is 11.8 Å². The van der Waals surface area contributed by atoms with Crippen LogP contribution in [0, 0.1) is 11.8 Å². The normalized spacial score (nSPS) is 21.1. The summed E-state index contributed by atoms with van der Waals surface area (Å²) in [6.45, 7) is 5.72. The number of carbonyl (C=O) groups is 1. The molecular weight excluding hydrogens is 180 g/mol. The molecule has 1 aliphatic rings. The first kappa shape index (κ1) is 11.5. The maximum atomic E-state index is 11.9. The number of nitrogens with zero attached hydrogens (tertiary/aromatic N) is 1. The van der Waals surface area contributed by atoms with Gasteiger partial charge >= 0.3 is 0 Å². The van der Waals surface area contributed by atoms with Crippen molar-refractivity contribution in [2.45, 2.75) is 19.9 Å². The maximum absolute atomic E-state index is 11.9. The Morgan fingerprint density at radius 2 is 2.14 bits per heavy atom. The van der Waals surface area contributed by atoms with Crippen LogP contribution in [-0.4, -0.2) is 48.7 Å². The van der Waals surface area contributed by atoms with Gasteiger partial charge in [0.25, 0.3) is 0 Å². The molecule has 4 nitrogen and oxygen atoms in total. The van der Waals surface area contributed by atoms with E-state index in [2.05, 4.69) is 5.32 Å². The zero-order chi connectivity index (χ0) is 10.7. The Hall–Kier alpha value is -0.610. The summed E-state index contributed by atoms with van der Waals surface area (Å²) in [7, 11) is 1.76. The van der Waals surface area contributed by atoms with Gasteiger partial charge in [0, 0.05) is 13.0 Å². The molecule has 4 heteroatoms. The van der Waals surface area contributed by atoms with Gasteiger partial charge in [-0.05, 0) is 25.9 Å². The number of carbonyl (C=O) groups excluding carboxylic acids is 1. The first-order chi connectivity index (χ1) is 6.57. The second-order valence-electron chi connectivity index (χ2n) is 4.19. The Bertz CT molecular complexity index is 192. The lowest BCUT2D eigenvalue weighted by Gasteiger charge is -2.35. The minimum Gasteiger partial charge on any atom is -0.394 e. The molecule has 0 bridgehead atoms. The van der Waals surface area contributed by atoms with Crippen molar-refractivity contribution in [3.63, 3.8) is 0 Å². The molecule has 1 aliphatic heterocycles. The number of aliphatic hydroxyl groups excluding tert-OH is 1. The topological polar surface area (TPSA) is 52.6 Å². The standard InChI is InChI=1S/C10H20N2O2/c1-7(6-13)12(3)10(14)8(2)9-4-11-5-9/h7-9,11,13H,4-6H2,1-3H3. The second kappa shape index (κ2) is 4.75. The van der Waals surface area contributed by atoms with Crippen molar-refractivity contribution in [1.29, 1.82) is 0 Å². The van der Waals surface area contributed by atoms with Gasteiger partial charge in [-0.3, -0.25) is 4.79 Å². The van der Waals surface area contributed by atoms with E-state index in [4.69, 9.17) is 5.11 Å². The number of hydrogen-bond acceptors (Lipinski definition) is 3. The lowest BCUT2D eigenvalue weighted by atomic mass is 9.88. The summed E-state index contributed by atoms with van der Waals surface area (Å²) in [4.78, 5) is 13.5. The fourth-order valence-electron chi connectivity index (χ4n) is 1.53. The SMILES string of the molecule is CC(C(=O)N(C)C(C)CO)C1CNC1. The zero-order valence-electron chi connectivity index (χ0n) is 9.16. The second-order valence-corrected chi connectivity index (χ2v) is 4.19. The van der Waals surface area contributed by atoms with Crippen molar-refractivity contribution >= 4 is 5.91 Å². The van der Waals surface area contributed by atoms with Crippen LogP contribution in [-0.2, 0) is 4.79 Å². The third kappa shape index (κ3) is 2.25. The molecule has 14 heavy (non-hydrogen) atoms. The van der Waals surface area contributed by atoms with Gasteiger partial charge in [-0.15, -0.1) is 0 Å². The molecule has 0 aromatic heterocycles. The van der Waals surface area contributed by atoms with E-state index < -0.39 is 0 Å². The molecular formula is C10H20N2O2. The molecule has 1 fully saturated rings. The van der Waals surface area contributed by atoms with Gasteiger partial charge in [-0.1, -0.05) is 6.92 Å². The molecule has 1 heterocycles. The van der Waals surface area contributed by atoms with Crippen molar-refractivity contribution in [1.82, 2.24) is 10.2 Å². The third-order valence-corrected chi connectivity index (χ3v) is 3.18. The lowest BCUT2D eigenvalue weighted by Crippen LogP contribution is -2.51.